The summed E-state index contributed by atoms with van der Waals surface area (Å²) in [5, 5.41) is 0. The van der Waals surface area contributed by atoms with Gasteiger partial charge >= 0.3 is 0 Å². The van der Waals surface area contributed by atoms with Crippen LogP contribution in [0.25, 0.3) is 56.4 Å². The van der Waals surface area contributed by atoms with Crippen LogP contribution in [-0.2, 0) is 0 Å². The molecule has 0 saturated heterocycles. The minimum atomic E-state index is 0.621. The van der Waals surface area contributed by atoms with Gasteiger partial charge in [-0.05, 0) is 34.4 Å². The van der Waals surface area contributed by atoms with Gasteiger partial charge in [0, 0.05) is 21.6 Å². The van der Waals surface area contributed by atoms with Crippen molar-refractivity contribution in [1.29, 1.82) is 0 Å². The smallest absolute Gasteiger partial charge is 0.164 e. The first-order valence-electron chi connectivity index (χ1n) is 12.1. The van der Waals surface area contributed by atoms with Crippen molar-refractivity contribution in [3.05, 3.63) is 133 Å². The molecule has 3 nitrogen and oxygen atoms in total. The maximum Gasteiger partial charge on any atom is 0.164 e. The van der Waals surface area contributed by atoms with Gasteiger partial charge in [-0.15, -0.1) is 12.6 Å². The first-order valence-corrected chi connectivity index (χ1v) is 12.5. The molecule has 37 heavy (non-hydrogen) atoms. The Morgan fingerprint density at radius 3 is 1.11 bits per heavy atom. The molecular formula is C33H23N3S. The first kappa shape index (κ1) is 22.9. The lowest BCUT2D eigenvalue weighted by atomic mass is 10.0. The molecule has 0 saturated carbocycles. The Balaban J connectivity index is 1.42. The molecule has 0 radical (unpaired) electrons. The molecule has 0 N–H and O–H groups in total. The van der Waals surface area contributed by atoms with Gasteiger partial charge in [0.25, 0.3) is 0 Å². The lowest BCUT2D eigenvalue weighted by Gasteiger charge is -2.10. The molecule has 5 aromatic carbocycles. The van der Waals surface area contributed by atoms with E-state index in [1.54, 1.807) is 0 Å². The van der Waals surface area contributed by atoms with Crippen molar-refractivity contribution < 1.29 is 0 Å². The van der Waals surface area contributed by atoms with Crippen molar-refractivity contribution in [3.8, 4) is 56.4 Å². The summed E-state index contributed by atoms with van der Waals surface area (Å²) < 4.78 is 0. The van der Waals surface area contributed by atoms with Crippen LogP contribution in [0.4, 0.5) is 0 Å². The number of thiol groups is 1. The fraction of sp³-hybridized carbons (Fsp3) is 0. The number of hydrogen-bond donors (Lipinski definition) is 1. The molecule has 0 aliphatic heterocycles. The summed E-state index contributed by atoms with van der Waals surface area (Å²) in [7, 11) is 0. The number of benzene rings is 5. The molecule has 0 atom stereocenters. The summed E-state index contributed by atoms with van der Waals surface area (Å²) in [6.45, 7) is 0. The first-order chi connectivity index (χ1) is 18.2. The molecular weight excluding hydrogens is 470 g/mol. The highest BCUT2D eigenvalue weighted by Crippen LogP contribution is 2.29. The predicted molar refractivity (Wildman–Crippen MR) is 154 cm³/mol. The van der Waals surface area contributed by atoms with E-state index in [9.17, 15) is 0 Å². The molecule has 0 unspecified atom stereocenters. The third-order valence-corrected chi connectivity index (χ3v) is 6.52. The van der Waals surface area contributed by atoms with Gasteiger partial charge in [0.1, 0.15) is 0 Å². The largest absolute Gasteiger partial charge is 0.208 e. The summed E-state index contributed by atoms with van der Waals surface area (Å²) in [6, 6.07) is 45.3. The Morgan fingerprint density at radius 1 is 0.324 bits per heavy atom. The van der Waals surface area contributed by atoms with Crippen LogP contribution in [0.3, 0.4) is 0 Å². The summed E-state index contributed by atoms with van der Waals surface area (Å²) in [4.78, 5) is 15.5. The zero-order valence-electron chi connectivity index (χ0n) is 20.0. The maximum atomic E-state index is 4.89. The number of nitrogens with zero attached hydrogens (tertiary/aromatic N) is 3. The van der Waals surface area contributed by atoms with Crippen molar-refractivity contribution in [2.45, 2.75) is 4.90 Å². The summed E-state index contributed by atoms with van der Waals surface area (Å²) in [5.74, 6) is 1.89. The molecule has 1 heterocycles. The fourth-order valence-electron chi connectivity index (χ4n) is 4.29. The number of rotatable bonds is 5. The highest BCUT2D eigenvalue weighted by molar-refractivity contribution is 7.80. The van der Waals surface area contributed by atoms with Gasteiger partial charge in [0.15, 0.2) is 17.5 Å². The third-order valence-electron chi connectivity index (χ3n) is 6.24. The summed E-state index contributed by atoms with van der Waals surface area (Å²) in [6.07, 6.45) is 0. The van der Waals surface area contributed by atoms with E-state index in [2.05, 4.69) is 85.4 Å². The lowest BCUT2D eigenvalue weighted by molar-refractivity contribution is 1.07. The van der Waals surface area contributed by atoms with E-state index in [1.807, 2.05) is 60.7 Å². The average Bonchev–Trinajstić information content (AvgIpc) is 2.98. The van der Waals surface area contributed by atoms with Crippen molar-refractivity contribution in [2.75, 3.05) is 0 Å². The monoisotopic (exact) mass is 493 g/mol. The van der Waals surface area contributed by atoms with Gasteiger partial charge in [-0.1, -0.05) is 121 Å². The van der Waals surface area contributed by atoms with Gasteiger partial charge in [-0.25, -0.2) is 15.0 Å². The van der Waals surface area contributed by atoms with E-state index >= 15 is 0 Å². The van der Waals surface area contributed by atoms with E-state index in [0.717, 1.165) is 32.7 Å². The zero-order valence-corrected chi connectivity index (χ0v) is 20.9. The van der Waals surface area contributed by atoms with Crippen molar-refractivity contribution in [3.63, 3.8) is 0 Å². The topological polar surface area (TPSA) is 38.7 Å². The Bertz CT molecular complexity index is 1550. The summed E-state index contributed by atoms with van der Waals surface area (Å²) in [5.41, 5.74) is 7.43. The average molecular weight is 494 g/mol. The van der Waals surface area contributed by atoms with E-state index in [0.29, 0.717) is 17.5 Å². The van der Waals surface area contributed by atoms with E-state index in [4.69, 9.17) is 15.0 Å². The van der Waals surface area contributed by atoms with Gasteiger partial charge < -0.3 is 0 Å². The highest BCUT2D eigenvalue weighted by Gasteiger charge is 2.13. The van der Waals surface area contributed by atoms with Crippen LogP contribution in [0.5, 0.6) is 0 Å². The molecule has 0 aliphatic carbocycles. The van der Waals surface area contributed by atoms with E-state index in [1.165, 1.54) is 11.1 Å². The zero-order chi connectivity index (χ0) is 25.0. The quantitative estimate of drug-likeness (QED) is 0.245. The molecule has 0 fully saturated rings. The second-order valence-electron chi connectivity index (χ2n) is 8.74. The second kappa shape index (κ2) is 10.2. The van der Waals surface area contributed by atoms with Crippen molar-refractivity contribution in [1.82, 2.24) is 15.0 Å². The SMILES string of the molecule is Sc1cccc(-c2nc(-c3ccc(-c4ccccc4)cc3)nc(-c3ccc(-c4ccccc4)cc3)n2)c1. The molecule has 0 bridgehead atoms. The molecule has 6 rings (SSSR count). The van der Waals surface area contributed by atoms with Gasteiger partial charge in [0.05, 0.1) is 0 Å². The van der Waals surface area contributed by atoms with E-state index in [-0.39, 0.29) is 0 Å². The molecule has 0 spiro atoms. The van der Waals surface area contributed by atoms with E-state index < -0.39 is 0 Å². The van der Waals surface area contributed by atoms with Crippen LogP contribution in [0.1, 0.15) is 0 Å². The standard InChI is InChI=1S/C33H23N3S/c37-30-13-7-12-29(22-30)33-35-31(27-18-14-25(15-19-27)23-8-3-1-4-9-23)34-32(36-33)28-20-16-26(17-21-28)24-10-5-2-6-11-24/h1-22,37H. The fourth-order valence-corrected chi connectivity index (χ4v) is 4.52. The Morgan fingerprint density at radius 2 is 0.676 bits per heavy atom. The lowest BCUT2D eigenvalue weighted by Crippen LogP contribution is -2.00. The number of hydrogen-bond acceptors (Lipinski definition) is 4. The van der Waals surface area contributed by atoms with Gasteiger partial charge in [-0.3, -0.25) is 0 Å². The van der Waals surface area contributed by atoms with Crippen LogP contribution in [0.2, 0.25) is 0 Å². The molecule has 6 aromatic rings. The second-order valence-corrected chi connectivity index (χ2v) is 9.26. The van der Waals surface area contributed by atoms with Crippen molar-refractivity contribution in [2.24, 2.45) is 0 Å². The highest BCUT2D eigenvalue weighted by atomic mass is 32.1. The Kier molecular flexibility index (Phi) is 6.32. The Labute approximate surface area is 222 Å². The van der Waals surface area contributed by atoms with Crippen LogP contribution < -0.4 is 0 Å². The minimum Gasteiger partial charge on any atom is -0.208 e. The molecule has 4 heteroatoms. The van der Waals surface area contributed by atoms with Gasteiger partial charge in [-0.2, -0.15) is 0 Å². The number of aromatic nitrogens is 3. The third kappa shape index (κ3) is 5.06. The van der Waals surface area contributed by atoms with Crippen LogP contribution in [0.15, 0.2) is 138 Å². The predicted octanol–water partition coefficient (Wildman–Crippen LogP) is 8.50. The molecule has 176 valence electrons. The maximum absolute atomic E-state index is 4.89. The normalized spacial score (nSPS) is 10.8. The van der Waals surface area contributed by atoms with Crippen LogP contribution >= 0.6 is 12.6 Å². The molecule has 0 aliphatic rings. The Hall–Kier alpha value is -4.54. The van der Waals surface area contributed by atoms with Gasteiger partial charge in [0.2, 0.25) is 0 Å². The minimum absolute atomic E-state index is 0.621. The van der Waals surface area contributed by atoms with Crippen molar-refractivity contribution >= 4 is 12.6 Å². The summed E-state index contributed by atoms with van der Waals surface area (Å²) >= 11 is 4.52. The van der Waals surface area contributed by atoms with Crippen LogP contribution in [-0.4, -0.2) is 15.0 Å². The molecule has 1 aromatic heterocycles. The molecule has 0 amide bonds. The van der Waals surface area contributed by atoms with Crippen LogP contribution in [0, 0.1) is 0 Å².